The molecule has 0 aliphatic rings. The summed E-state index contributed by atoms with van der Waals surface area (Å²) in [6.07, 6.45) is 0. The maximum atomic E-state index is 13.8. The van der Waals surface area contributed by atoms with Gasteiger partial charge in [0.15, 0.2) is 11.0 Å². The van der Waals surface area contributed by atoms with Gasteiger partial charge in [0.05, 0.1) is 17.9 Å². The van der Waals surface area contributed by atoms with E-state index in [4.69, 9.17) is 11.6 Å². The summed E-state index contributed by atoms with van der Waals surface area (Å²) in [5.41, 5.74) is 1.53. The van der Waals surface area contributed by atoms with Crippen molar-refractivity contribution < 1.29 is 14.0 Å². The van der Waals surface area contributed by atoms with E-state index in [2.05, 4.69) is 20.8 Å². The fourth-order valence-electron chi connectivity index (χ4n) is 2.82. The van der Waals surface area contributed by atoms with Crippen LogP contribution in [0.4, 0.5) is 10.1 Å². The number of aryl methyl sites for hydroxylation is 1. The Morgan fingerprint density at radius 1 is 1.19 bits per heavy atom. The van der Waals surface area contributed by atoms with Crippen molar-refractivity contribution in [1.82, 2.24) is 20.1 Å². The van der Waals surface area contributed by atoms with Crippen LogP contribution in [-0.2, 0) is 17.9 Å². The molecule has 0 fully saturated rings. The van der Waals surface area contributed by atoms with Crippen LogP contribution >= 0.6 is 23.4 Å². The van der Waals surface area contributed by atoms with Gasteiger partial charge < -0.3 is 15.2 Å². The van der Waals surface area contributed by atoms with Crippen molar-refractivity contribution >= 4 is 40.9 Å². The van der Waals surface area contributed by atoms with E-state index in [0.29, 0.717) is 28.2 Å². The van der Waals surface area contributed by atoms with Crippen LogP contribution in [0.5, 0.6) is 0 Å². The average molecular weight is 462 g/mol. The molecule has 0 radical (unpaired) electrons. The smallest absolute Gasteiger partial charge is 0.254 e. The van der Waals surface area contributed by atoms with Gasteiger partial charge in [0.1, 0.15) is 5.82 Å². The lowest BCUT2D eigenvalue weighted by molar-refractivity contribution is -0.113. The Hall–Kier alpha value is -2.91. The molecular formula is C21H21ClFN5O2S. The fourth-order valence-corrected chi connectivity index (χ4v) is 3.81. The van der Waals surface area contributed by atoms with E-state index in [1.54, 1.807) is 22.8 Å². The third-order valence-corrected chi connectivity index (χ3v) is 5.64. The lowest BCUT2D eigenvalue weighted by atomic mass is 10.2. The van der Waals surface area contributed by atoms with Gasteiger partial charge in [-0.25, -0.2) is 4.39 Å². The van der Waals surface area contributed by atoms with Gasteiger partial charge >= 0.3 is 0 Å². The quantitative estimate of drug-likeness (QED) is 0.494. The molecule has 2 aromatic carbocycles. The van der Waals surface area contributed by atoms with Gasteiger partial charge in [-0.1, -0.05) is 41.6 Å². The van der Waals surface area contributed by atoms with Gasteiger partial charge in [0, 0.05) is 17.3 Å². The number of hydrogen-bond acceptors (Lipinski definition) is 5. The number of thioether (sulfide) groups is 1. The number of nitrogens with zero attached hydrogens (tertiary/aromatic N) is 3. The molecule has 2 amide bonds. The summed E-state index contributed by atoms with van der Waals surface area (Å²) >= 11 is 7.22. The molecule has 0 saturated carbocycles. The molecule has 0 spiro atoms. The van der Waals surface area contributed by atoms with Crippen molar-refractivity contribution in [2.75, 3.05) is 11.1 Å². The molecule has 0 saturated heterocycles. The largest absolute Gasteiger partial charge is 0.345 e. The van der Waals surface area contributed by atoms with Crippen molar-refractivity contribution in [3.8, 4) is 0 Å². The molecule has 2 N–H and O–H groups in total. The highest BCUT2D eigenvalue weighted by Crippen LogP contribution is 2.22. The molecule has 1 heterocycles. The minimum Gasteiger partial charge on any atom is -0.345 e. The number of rotatable bonds is 8. The highest BCUT2D eigenvalue weighted by molar-refractivity contribution is 7.99. The highest BCUT2D eigenvalue weighted by Gasteiger charge is 2.16. The van der Waals surface area contributed by atoms with Gasteiger partial charge in [0.25, 0.3) is 5.91 Å². The second kappa shape index (κ2) is 10.4. The summed E-state index contributed by atoms with van der Waals surface area (Å²) in [6, 6.07) is 11.1. The Morgan fingerprint density at radius 3 is 2.71 bits per heavy atom. The van der Waals surface area contributed by atoms with E-state index in [1.165, 1.54) is 30.0 Å². The number of anilines is 1. The minimum atomic E-state index is -0.589. The van der Waals surface area contributed by atoms with Gasteiger partial charge in [-0.05, 0) is 43.7 Å². The predicted octanol–water partition coefficient (Wildman–Crippen LogP) is 4.06. The van der Waals surface area contributed by atoms with Gasteiger partial charge in [-0.2, -0.15) is 0 Å². The molecule has 10 heteroatoms. The predicted molar refractivity (Wildman–Crippen MR) is 119 cm³/mol. The maximum absolute atomic E-state index is 13.8. The van der Waals surface area contributed by atoms with Crippen molar-refractivity contribution in [2.45, 2.75) is 32.1 Å². The van der Waals surface area contributed by atoms with Crippen LogP contribution in [0.1, 0.15) is 28.7 Å². The summed E-state index contributed by atoms with van der Waals surface area (Å²) < 4.78 is 15.5. The zero-order valence-corrected chi connectivity index (χ0v) is 18.6. The molecule has 3 aromatic rings. The monoisotopic (exact) mass is 461 g/mol. The Balaban J connectivity index is 1.59. The summed E-state index contributed by atoms with van der Waals surface area (Å²) in [7, 11) is 0. The number of aromatic nitrogens is 3. The van der Waals surface area contributed by atoms with Crippen LogP contribution in [0.2, 0.25) is 5.02 Å². The molecule has 31 heavy (non-hydrogen) atoms. The Kier molecular flexibility index (Phi) is 7.64. The first kappa shape index (κ1) is 22.8. The van der Waals surface area contributed by atoms with Crippen LogP contribution in [-0.4, -0.2) is 32.3 Å². The van der Waals surface area contributed by atoms with Crippen molar-refractivity contribution in [3.05, 3.63) is 70.3 Å². The number of benzene rings is 2. The van der Waals surface area contributed by atoms with Crippen molar-refractivity contribution in [1.29, 1.82) is 0 Å². The molecule has 3 rings (SSSR count). The van der Waals surface area contributed by atoms with Gasteiger partial charge in [-0.3, -0.25) is 9.59 Å². The molecule has 162 valence electrons. The standard InChI is InChI=1S/C21H21ClFN5O2S/c1-3-28-18(11-24-20(30)15-6-4-5-7-16(15)23)26-27-21(28)31-12-19(29)25-17-10-14(22)9-8-13(17)2/h4-10H,3,11-12H2,1-2H3,(H,24,30)(H,25,29). The van der Waals surface area contributed by atoms with Crippen LogP contribution in [0.3, 0.4) is 0 Å². The first-order valence-electron chi connectivity index (χ1n) is 9.52. The minimum absolute atomic E-state index is 0.0346. The summed E-state index contributed by atoms with van der Waals surface area (Å²) in [5.74, 6) is -0.675. The zero-order valence-electron chi connectivity index (χ0n) is 17.0. The molecule has 0 bridgehead atoms. The molecule has 0 aliphatic carbocycles. The average Bonchev–Trinajstić information content (AvgIpc) is 3.15. The zero-order chi connectivity index (χ0) is 22.4. The van der Waals surface area contributed by atoms with E-state index in [9.17, 15) is 14.0 Å². The first-order valence-corrected chi connectivity index (χ1v) is 10.9. The SMILES string of the molecule is CCn1c(CNC(=O)c2ccccc2F)nnc1SCC(=O)Nc1cc(Cl)ccc1C. The Bertz CT molecular complexity index is 1110. The molecular weight excluding hydrogens is 441 g/mol. The number of amides is 2. The van der Waals surface area contributed by atoms with Crippen molar-refractivity contribution in [3.63, 3.8) is 0 Å². The number of halogens is 2. The van der Waals surface area contributed by atoms with Crippen LogP contribution in [0.15, 0.2) is 47.6 Å². The molecule has 0 aliphatic heterocycles. The van der Waals surface area contributed by atoms with E-state index >= 15 is 0 Å². The molecule has 7 nitrogen and oxygen atoms in total. The van der Waals surface area contributed by atoms with E-state index in [-0.39, 0.29) is 23.8 Å². The molecule has 0 atom stereocenters. The Labute approximate surface area is 188 Å². The van der Waals surface area contributed by atoms with Gasteiger partial charge in [-0.15, -0.1) is 10.2 Å². The topological polar surface area (TPSA) is 88.9 Å². The highest BCUT2D eigenvalue weighted by atomic mass is 35.5. The van der Waals surface area contributed by atoms with E-state index < -0.39 is 11.7 Å². The number of carbonyl (C=O) groups is 2. The van der Waals surface area contributed by atoms with Crippen LogP contribution in [0.25, 0.3) is 0 Å². The molecule has 1 aromatic heterocycles. The maximum Gasteiger partial charge on any atom is 0.254 e. The molecule has 0 unspecified atom stereocenters. The number of carbonyl (C=O) groups excluding carboxylic acids is 2. The van der Waals surface area contributed by atoms with E-state index in [1.807, 2.05) is 19.9 Å². The summed E-state index contributed by atoms with van der Waals surface area (Å²) in [6.45, 7) is 4.43. The number of nitrogens with one attached hydrogen (secondary N) is 2. The lowest BCUT2D eigenvalue weighted by Crippen LogP contribution is -2.25. The third kappa shape index (κ3) is 5.83. The lowest BCUT2D eigenvalue weighted by Gasteiger charge is -2.10. The Morgan fingerprint density at radius 2 is 1.97 bits per heavy atom. The number of hydrogen-bond donors (Lipinski definition) is 2. The third-order valence-electron chi connectivity index (χ3n) is 4.44. The van der Waals surface area contributed by atoms with Gasteiger partial charge in [0.2, 0.25) is 5.91 Å². The van der Waals surface area contributed by atoms with E-state index in [0.717, 1.165) is 5.56 Å². The van der Waals surface area contributed by atoms with Crippen molar-refractivity contribution in [2.24, 2.45) is 0 Å². The van der Waals surface area contributed by atoms with Crippen LogP contribution < -0.4 is 10.6 Å². The second-order valence-electron chi connectivity index (χ2n) is 6.60. The summed E-state index contributed by atoms with van der Waals surface area (Å²) in [4.78, 5) is 24.5. The van der Waals surface area contributed by atoms with Crippen LogP contribution in [0, 0.1) is 12.7 Å². The second-order valence-corrected chi connectivity index (χ2v) is 7.98. The first-order chi connectivity index (χ1) is 14.9. The summed E-state index contributed by atoms with van der Waals surface area (Å²) in [5, 5.41) is 14.8. The fraction of sp³-hybridized carbons (Fsp3) is 0.238. The normalized spacial score (nSPS) is 10.7.